The number of carbonyl (C=O) groups is 3. The van der Waals surface area contributed by atoms with E-state index < -0.39 is 41.9 Å². The van der Waals surface area contributed by atoms with E-state index in [1.54, 1.807) is 62.9 Å². The summed E-state index contributed by atoms with van der Waals surface area (Å²) in [7, 11) is 0. The number of aliphatic hydroxyl groups is 2. The van der Waals surface area contributed by atoms with Crippen molar-refractivity contribution in [2.45, 2.75) is 79.1 Å². The molecule has 0 saturated carbocycles. The van der Waals surface area contributed by atoms with Crippen molar-refractivity contribution in [2.24, 2.45) is 0 Å². The molecule has 6 rings (SSSR count). The van der Waals surface area contributed by atoms with Gasteiger partial charge in [-0.3, -0.25) is 30.1 Å². The van der Waals surface area contributed by atoms with Gasteiger partial charge >= 0.3 is 12.4 Å². The first-order chi connectivity index (χ1) is 29.7. The van der Waals surface area contributed by atoms with E-state index >= 15 is 13.2 Å². The van der Waals surface area contributed by atoms with Crippen LogP contribution in [-0.4, -0.2) is 47.7 Å². The Bertz CT molecular complexity index is 2490. The Morgan fingerprint density at radius 3 is 1.94 bits per heavy atom. The molecule has 17 heteroatoms. The average Bonchev–Trinajstić information content (AvgIpc) is 3.72. The van der Waals surface area contributed by atoms with Crippen LogP contribution in [0.15, 0.2) is 78.1 Å². The topological polar surface area (TPSA) is 146 Å². The molecule has 63 heavy (non-hydrogen) atoms. The number of aliphatic hydroxyl groups excluding tert-OH is 2. The van der Waals surface area contributed by atoms with Crippen LogP contribution >= 0.6 is 0 Å². The number of rotatable bonds is 14. The van der Waals surface area contributed by atoms with E-state index in [1.165, 1.54) is 24.0 Å². The molecular formula is C46H48F6N6O5. The number of anilines is 4. The number of fused-ring (bicyclic) bond motifs is 2. The zero-order valence-electron chi connectivity index (χ0n) is 35.3. The number of nitrogens with one attached hydrogen (secondary N) is 4. The first-order valence-electron chi connectivity index (χ1n) is 20.2. The summed E-state index contributed by atoms with van der Waals surface area (Å²) >= 11 is 0. The summed E-state index contributed by atoms with van der Waals surface area (Å²) in [5.41, 5.74) is 13.7. The van der Waals surface area contributed by atoms with E-state index in [9.17, 15) is 32.7 Å². The van der Waals surface area contributed by atoms with Crippen molar-refractivity contribution in [1.29, 1.82) is 0 Å². The number of hydrogen-bond acceptors (Lipinski definition) is 8. The minimum Gasteiger partial charge on any atom is -0.396 e. The number of hydrogen-bond donors (Lipinski definition) is 6. The van der Waals surface area contributed by atoms with Crippen molar-refractivity contribution in [3.8, 4) is 0 Å². The molecule has 0 aromatic heterocycles. The molecule has 0 unspecified atom stereocenters. The molecule has 0 aliphatic carbocycles. The lowest BCUT2D eigenvalue weighted by atomic mass is 9.93. The second kappa shape index (κ2) is 18.6. The Hall–Kier alpha value is -6.33. The Kier molecular flexibility index (Phi) is 13.6. The van der Waals surface area contributed by atoms with Gasteiger partial charge in [0.15, 0.2) is 0 Å². The van der Waals surface area contributed by atoms with Crippen LogP contribution in [0.2, 0.25) is 0 Å². The van der Waals surface area contributed by atoms with Gasteiger partial charge in [0.25, 0.3) is 5.91 Å². The smallest absolute Gasteiger partial charge is 0.396 e. The second-order valence-corrected chi connectivity index (χ2v) is 15.8. The molecule has 11 nitrogen and oxygen atoms in total. The fourth-order valence-electron chi connectivity index (χ4n) is 7.94. The highest BCUT2D eigenvalue weighted by atomic mass is 19.4. The number of benzene rings is 4. The number of unbranched alkanes of at least 4 members (excludes halogenated alkanes) is 1. The highest BCUT2D eigenvalue weighted by Gasteiger charge is 2.41. The maximum absolute atomic E-state index is 15.2. The number of nitrogens with zero attached hydrogens (tertiary/aromatic N) is 2. The molecule has 0 saturated heterocycles. The largest absolute Gasteiger partial charge is 0.416 e. The molecule has 0 radical (unpaired) electrons. The van der Waals surface area contributed by atoms with Gasteiger partial charge in [-0.2, -0.15) is 26.3 Å². The summed E-state index contributed by atoms with van der Waals surface area (Å²) in [4.78, 5) is 41.8. The zero-order chi connectivity index (χ0) is 46.0. The number of aryl methyl sites for hydroxylation is 3. The van der Waals surface area contributed by atoms with Gasteiger partial charge < -0.3 is 26.0 Å². The number of hydrazine groups is 2. The van der Waals surface area contributed by atoms with Crippen LogP contribution < -0.4 is 31.5 Å². The van der Waals surface area contributed by atoms with E-state index in [-0.39, 0.29) is 72.1 Å². The minimum atomic E-state index is -4.88. The lowest BCUT2D eigenvalue weighted by Gasteiger charge is -2.23. The number of carbonyl (C=O) groups excluding carboxylic acids is 3. The maximum atomic E-state index is 15.2. The molecule has 0 bridgehead atoms. The quantitative estimate of drug-likeness (QED) is 0.0321. The molecular weight excluding hydrogens is 831 g/mol. The zero-order valence-corrected chi connectivity index (χ0v) is 35.3. The SMILES string of the molecule is C/C(NNC(=O)CCCCO)=C1/CN(c2cc(C)cc(Cc3cc4c(cc3C(F)(F)F)N(c3cc(C)cc(C)c3)C(=O)/C4=C(/C)NNC(=O)CCO)c2)c2cc(C(F)(F)F)ccc21. The molecule has 334 valence electrons. The van der Waals surface area contributed by atoms with Crippen molar-refractivity contribution in [3.05, 3.63) is 128 Å². The van der Waals surface area contributed by atoms with Crippen LogP contribution in [0.1, 0.15) is 89.6 Å². The van der Waals surface area contributed by atoms with Crippen molar-refractivity contribution in [2.75, 3.05) is 29.6 Å². The molecule has 4 aromatic rings. The Balaban J connectivity index is 1.44. The number of halogens is 6. The van der Waals surface area contributed by atoms with E-state index in [4.69, 9.17) is 5.11 Å². The third-order valence-corrected chi connectivity index (χ3v) is 10.8. The summed E-state index contributed by atoms with van der Waals surface area (Å²) in [6.07, 6.45) is -9.06. The second-order valence-electron chi connectivity index (χ2n) is 15.8. The standard InChI is InChI=1S/C46H48F6N6O5/c1-25-14-26(2)18-34(17-25)58-40-23-38(46(50,51)52)31(21-36(40)43(44(58)63)29(5)54-56-42(62)11-13-60)19-30-15-27(3)16-33(20-30)57-24-37(28(4)53-55-41(61)8-6-7-12-59)35-10-9-32(22-39(35)57)45(47,48)49/h9-10,14-18,20-23,53-54,59-60H,6-8,11-13,19,24H2,1-5H3,(H,55,61)(H,56,62)/b37-28+,43-29-. The van der Waals surface area contributed by atoms with Crippen LogP contribution in [-0.2, 0) is 33.2 Å². The monoisotopic (exact) mass is 878 g/mol. The van der Waals surface area contributed by atoms with Crippen LogP contribution in [0.4, 0.5) is 49.1 Å². The van der Waals surface area contributed by atoms with E-state index in [1.807, 2.05) is 6.07 Å². The lowest BCUT2D eigenvalue weighted by Crippen LogP contribution is -2.37. The van der Waals surface area contributed by atoms with Crippen molar-refractivity contribution >= 4 is 51.6 Å². The molecule has 2 heterocycles. The molecule has 2 aliphatic rings. The Morgan fingerprint density at radius 2 is 1.30 bits per heavy atom. The predicted octanol–water partition coefficient (Wildman–Crippen LogP) is 8.32. The third kappa shape index (κ3) is 10.3. The van der Waals surface area contributed by atoms with Gasteiger partial charge in [0.1, 0.15) is 0 Å². The average molecular weight is 879 g/mol. The van der Waals surface area contributed by atoms with Gasteiger partial charge in [-0.25, -0.2) is 0 Å². The molecule has 2 aliphatic heterocycles. The Morgan fingerprint density at radius 1 is 0.667 bits per heavy atom. The number of allylic oxidation sites excluding steroid dienone is 2. The van der Waals surface area contributed by atoms with Gasteiger partial charge in [0, 0.05) is 58.2 Å². The van der Waals surface area contributed by atoms with Gasteiger partial charge in [-0.05, 0) is 130 Å². The maximum Gasteiger partial charge on any atom is 0.416 e. The van der Waals surface area contributed by atoms with E-state index in [0.717, 1.165) is 29.3 Å². The first-order valence-corrected chi connectivity index (χ1v) is 20.2. The summed E-state index contributed by atoms with van der Waals surface area (Å²) < 4.78 is 87.8. The predicted molar refractivity (Wildman–Crippen MR) is 227 cm³/mol. The first kappa shape index (κ1) is 46.2. The van der Waals surface area contributed by atoms with E-state index in [0.29, 0.717) is 52.2 Å². The van der Waals surface area contributed by atoms with Gasteiger partial charge in [-0.15, -0.1) is 0 Å². The normalized spacial score (nSPS) is 15.3. The molecule has 3 amide bonds. The summed E-state index contributed by atoms with van der Waals surface area (Å²) in [5.74, 6) is -1.57. The molecule has 6 N–H and O–H groups in total. The molecule has 0 atom stereocenters. The summed E-state index contributed by atoms with van der Waals surface area (Å²) in [6, 6.07) is 15.8. The highest BCUT2D eigenvalue weighted by Crippen LogP contribution is 2.48. The van der Waals surface area contributed by atoms with Gasteiger partial charge in [-0.1, -0.05) is 18.2 Å². The Labute approximate surface area is 360 Å². The molecule has 0 fully saturated rings. The number of alkyl halides is 6. The molecule has 4 aromatic carbocycles. The van der Waals surface area contributed by atoms with Crippen LogP contribution in [0, 0.1) is 20.8 Å². The van der Waals surface area contributed by atoms with E-state index in [2.05, 4.69) is 21.7 Å². The van der Waals surface area contributed by atoms with Crippen LogP contribution in [0.25, 0.3) is 11.1 Å². The van der Waals surface area contributed by atoms with Gasteiger partial charge in [0.05, 0.1) is 42.0 Å². The summed E-state index contributed by atoms with van der Waals surface area (Å²) in [6.45, 7) is 8.04. The fraction of sp³-hybridized carbons (Fsp3) is 0.326. The van der Waals surface area contributed by atoms with Crippen molar-refractivity contribution in [1.82, 2.24) is 21.7 Å². The summed E-state index contributed by atoms with van der Waals surface area (Å²) in [5, 5.41) is 18.2. The molecule has 0 spiro atoms. The van der Waals surface area contributed by atoms with Crippen molar-refractivity contribution in [3.63, 3.8) is 0 Å². The highest BCUT2D eigenvalue weighted by molar-refractivity contribution is 6.35. The third-order valence-electron chi connectivity index (χ3n) is 10.8. The van der Waals surface area contributed by atoms with Gasteiger partial charge in [0.2, 0.25) is 11.8 Å². The lowest BCUT2D eigenvalue weighted by molar-refractivity contribution is -0.138. The fourth-order valence-corrected chi connectivity index (χ4v) is 7.94. The number of amides is 3. The van der Waals surface area contributed by atoms with Crippen molar-refractivity contribution < 1.29 is 50.9 Å². The van der Waals surface area contributed by atoms with Crippen LogP contribution in [0.3, 0.4) is 0 Å². The van der Waals surface area contributed by atoms with Crippen LogP contribution in [0.5, 0.6) is 0 Å². The minimum absolute atomic E-state index is 0.00662.